The highest BCUT2D eigenvalue weighted by Crippen LogP contribution is 2.05. The number of guanidine groups is 1. The quantitative estimate of drug-likeness (QED) is 0.243. The smallest absolute Gasteiger partial charge is 0.190 e. The monoisotopic (exact) mass is 477 g/mol. The predicted octanol–water partition coefficient (Wildman–Crippen LogP) is 1.33. The molecule has 150 valence electrons. The van der Waals surface area contributed by atoms with Gasteiger partial charge in [-0.2, -0.15) is 5.10 Å². The highest BCUT2D eigenvalue weighted by Gasteiger charge is 2.17. The van der Waals surface area contributed by atoms with Crippen molar-refractivity contribution in [2.45, 2.75) is 26.8 Å². The van der Waals surface area contributed by atoms with E-state index in [1.807, 2.05) is 30.2 Å². The summed E-state index contributed by atoms with van der Waals surface area (Å²) >= 11 is 0. The lowest BCUT2D eigenvalue weighted by atomic mass is 10.1. The molecule has 2 rings (SSSR count). The van der Waals surface area contributed by atoms with Gasteiger partial charge in [0.15, 0.2) is 5.96 Å². The van der Waals surface area contributed by atoms with Crippen molar-refractivity contribution in [1.29, 1.82) is 0 Å². The summed E-state index contributed by atoms with van der Waals surface area (Å²) in [6.45, 7) is 14.5. The third kappa shape index (κ3) is 8.68. The minimum absolute atomic E-state index is 0. The maximum atomic E-state index is 4.31. The molecule has 1 aliphatic rings. The van der Waals surface area contributed by atoms with Crippen molar-refractivity contribution in [3.05, 3.63) is 18.5 Å². The summed E-state index contributed by atoms with van der Waals surface area (Å²) in [5, 5.41) is 11.0. The normalized spacial score (nSPS) is 17.6. The van der Waals surface area contributed by atoms with Gasteiger partial charge in [0.05, 0.1) is 0 Å². The summed E-state index contributed by atoms with van der Waals surface area (Å²) in [7, 11) is 1.83. The average Bonchev–Trinajstić information content (AvgIpc) is 3.15. The van der Waals surface area contributed by atoms with Gasteiger partial charge in [-0.25, -0.2) is 0 Å². The number of aromatic nitrogens is 2. The minimum atomic E-state index is 0. The summed E-state index contributed by atoms with van der Waals surface area (Å²) < 4.78 is 1.96. The Balaban J connectivity index is 0.00000338. The molecule has 1 fully saturated rings. The maximum absolute atomic E-state index is 4.31. The fourth-order valence-corrected chi connectivity index (χ4v) is 3.17. The Morgan fingerprint density at radius 3 is 2.54 bits per heavy atom. The number of nitrogens with zero attached hydrogens (tertiary/aromatic N) is 5. The summed E-state index contributed by atoms with van der Waals surface area (Å²) in [5.74, 6) is 1.50. The molecular formula is C18H36IN7. The van der Waals surface area contributed by atoms with E-state index in [0.717, 1.165) is 38.6 Å². The fraction of sp³-hybridized carbons (Fsp3) is 0.778. The van der Waals surface area contributed by atoms with Gasteiger partial charge in [0.25, 0.3) is 0 Å². The Bertz CT molecular complexity index is 484. The van der Waals surface area contributed by atoms with Crippen molar-refractivity contribution in [2.24, 2.45) is 10.9 Å². The summed E-state index contributed by atoms with van der Waals surface area (Å²) in [4.78, 5) is 9.42. The van der Waals surface area contributed by atoms with Crippen LogP contribution in [0.5, 0.6) is 0 Å². The second kappa shape index (κ2) is 13.3. The van der Waals surface area contributed by atoms with E-state index in [4.69, 9.17) is 0 Å². The number of hydrogen-bond donors (Lipinski definition) is 2. The van der Waals surface area contributed by atoms with E-state index in [-0.39, 0.29) is 24.0 Å². The molecule has 0 saturated carbocycles. The average molecular weight is 477 g/mol. The van der Waals surface area contributed by atoms with Crippen LogP contribution in [0.15, 0.2) is 23.5 Å². The van der Waals surface area contributed by atoms with Crippen LogP contribution in [0.2, 0.25) is 0 Å². The molecule has 0 spiro atoms. The molecule has 7 nitrogen and oxygen atoms in total. The van der Waals surface area contributed by atoms with E-state index in [1.165, 1.54) is 32.7 Å². The van der Waals surface area contributed by atoms with Crippen molar-refractivity contribution < 1.29 is 0 Å². The van der Waals surface area contributed by atoms with Gasteiger partial charge < -0.3 is 20.4 Å². The van der Waals surface area contributed by atoms with Gasteiger partial charge in [0.1, 0.15) is 0 Å². The number of piperazine rings is 1. The molecule has 26 heavy (non-hydrogen) atoms. The van der Waals surface area contributed by atoms with Crippen LogP contribution in [-0.4, -0.2) is 84.9 Å². The molecule has 1 aliphatic heterocycles. The summed E-state index contributed by atoms with van der Waals surface area (Å²) in [5.41, 5.74) is 0. The lowest BCUT2D eigenvalue weighted by Crippen LogP contribution is -2.48. The maximum Gasteiger partial charge on any atom is 0.190 e. The van der Waals surface area contributed by atoms with Crippen molar-refractivity contribution in [3.8, 4) is 0 Å². The number of halogens is 1. The van der Waals surface area contributed by atoms with Crippen molar-refractivity contribution in [3.63, 3.8) is 0 Å². The molecule has 0 aromatic carbocycles. The van der Waals surface area contributed by atoms with Crippen LogP contribution in [0.25, 0.3) is 0 Å². The third-order valence-corrected chi connectivity index (χ3v) is 4.74. The van der Waals surface area contributed by atoms with Crippen LogP contribution >= 0.6 is 24.0 Å². The molecule has 0 radical (unpaired) electrons. The first-order valence-corrected chi connectivity index (χ1v) is 9.58. The molecule has 1 aromatic rings. The molecule has 1 unspecified atom stereocenters. The third-order valence-electron chi connectivity index (χ3n) is 4.74. The van der Waals surface area contributed by atoms with Gasteiger partial charge in [-0.15, -0.1) is 24.0 Å². The van der Waals surface area contributed by atoms with Crippen LogP contribution in [-0.2, 0) is 6.54 Å². The first kappa shape index (κ1) is 23.2. The molecule has 1 aromatic heterocycles. The standard InChI is InChI=1S/C18H35N7.HI/c1-4-23-11-13-24(14-12-23)16-17(2)15-21-18(19-3)20-7-5-9-25-10-6-8-22-25;/h6,8,10,17H,4-5,7,9,11-16H2,1-3H3,(H2,19,20,21);1H. The molecule has 8 heteroatoms. The first-order chi connectivity index (χ1) is 12.2. The number of rotatable bonds is 9. The van der Waals surface area contributed by atoms with Crippen molar-refractivity contribution >= 4 is 29.9 Å². The molecule has 1 saturated heterocycles. The SMILES string of the molecule is CCN1CCN(CC(C)CNC(=NC)NCCCn2cccn2)CC1.I. The van der Waals surface area contributed by atoms with Gasteiger partial charge in [-0.3, -0.25) is 9.67 Å². The zero-order valence-corrected chi connectivity index (χ0v) is 18.9. The summed E-state index contributed by atoms with van der Waals surface area (Å²) in [6.07, 6.45) is 4.84. The van der Waals surface area contributed by atoms with Gasteiger partial charge in [-0.1, -0.05) is 13.8 Å². The fourth-order valence-electron chi connectivity index (χ4n) is 3.17. The molecule has 0 bridgehead atoms. The molecule has 1 atom stereocenters. The Hall–Kier alpha value is -0.870. The van der Waals surface area contributed by atoms with E-state index in [0.29, 0.717) is 5.92 Å². The van der Waals surface area contributed by atoms with E-state index in [1.54, 1.807) is 0 Å². The largest absolute Gasteiger partial charge is 0.356 e. The van der Waals surface area contributed by atoms with E-state index in [2.05, 4.69) is 44.4 Å². The number of likely N-dealkylation sites (N-methyl/N-ethyl adjacent to an activating group) is 1. The zero-order valence-electron chi connectivity index (χ0n) is 16.5. The number of nitrogens with one attached hydrogen (secondary N) is 2. The Morgan fingerprint density at radius 1 is 1.19 bits per heavy atom. The van der Waals surface area contributed by atoms with Crippen LogP contribution in [0, 0.1) is 5.92 Å². The van der Waals surface area contributed by atoms with Crippen molar-refractivity contribution in [2.75, 3.05) is 59.4 Å². The Morgan fingerprint density at radius 2 is 1.92 bits per heavy atom. The zero-order chi connectivity index (χ0) is 17.9. The molecule has 2 heterocycles. The predicted molar refractivity (Wildman–Crippen MR) is 119 cm³/mol. The van der Waals surface area contributed by atoms with Crippen LogP contribution in [0.3, 0.4) is 0 Å². The molecular weight excluding hydrogens is 441 g/mol. The van der Waals surface area contributed by atoms with Crippen molar-refractivity contribution in [1.82, 2.24) is 30.2 Å². The van der Waals surface area contributed by atoms with Crippen LogP contribution in [0.4, 0.5) is 0 Å². The number of aryl methyl sites for hydroxylation is 1. The lowest BCUT2D eigenvalue weighted by molar-refractivity contribution is 0.124. The topological polar surface area (TPSA) is 60.7 Å². The first-order valence-electron chi connectivity index (χ1n) is 9.58. The van der Waals surface area contributed by atoms with Gasteiger partial charge in [0, 0.05) is 71.8 Å². The summed E-state index contributed by atoms with van der Waals surface area (Å²) in [6, 6.07) is 1.96. The second-order valence-electron chi connectivity index (χ2n) is 6.84. The number of hydrogen-bond acceptors (Lipinski definition) is 4. The molecule has 0 amide bonds. The second-order valence-corrected chi connectivity index (χ2v) is 6.84. The molecule has 0 aliphatic carbocycles. The van der Waals surface area contributed by atoms with E-state index >= 15 is 0 Å². The lowest BCUT2D eigenvalue weighted by Gasteiger charge is -2.35. The highest BCUT2D eigenvalue weighted by atomic mass is 127. The van der Waals surface area contributed by atoms with E-state index < -0.39 is 0 Å². The number of aliphatic imine (C=N–C) groups is 1. The Kier molecular flexibility index (Phi) is 11.9. The van der Waals surface area contributed by atoms with Crippen LogP contribution in [0.1, 0.15) is 20.3 Å². The highest BCUT2D eigenvalue weighted by molar-refractivity contribution is 14.0. The van der Waals surface area contributed by atoms with Gasteiger partial charge in [-0.05, 0) is 24.9 Å². The van der Waals surface area contributed by atoms with Gasteiger partial charge >= 0.3 is 0 Å². The molecule has 2 N–H and O–H groups in total. The van der Waals surface area contributed by atoms with E-state index in [9.17, 15) is 0 Å². The Labute approximate surface area is 175 Å². The van der Waals surface area contributed by atoms with Crippen LogP contribution < -0.4 is 10.6 Å². The minimum Gasteiger partial charge on any atom is -0.356 e. The van der Waals surface area contributed by atoms with Gasteiger partial charge in [0.2, 0.25) is 0 Å².